The molecule has 20 heavy (non-hydrogen) atoms. The Bertz CT molecular complexity index is 477. The SMILES string of the molecule is CCCCNC(=S)NC(=O)c1ccc(OC)c(OC)c1. The van der Waals surface area contributed by atoms with Crippen molar-refractivity contribution in [3.05, 3.63) is 23.8 Å². The fourth-order valence-electron chi connectivity index (χ4n) is 1.58. The molecule has 1 aromatic rings. The standard InChI is InChI=1S/C14H20N2O3S/c1-4-5-8-15-14(20)16-13(17)10-6-7-11(18-2)12(9-10)19-3/h6-7,9H,4-5,8H2,1-3H3,(H2,15,16,17,20). The molecule has 0 saturated carbocycles. The quantitative estimate of drug-likeness (QED) is 0.622. The van der Waals surface area contributed by atoms with Gasteiger partial charge < -0.3 is 14.8 Å². The zero-order valence-corrected chi connectivity index (χ0v) is 12.8. The number of ether oxygens (including phenoxy) is 2. The molecule has 0 aliphatic heterocycles. The van der Waals surface area contributed by atoms with E-state index in [0.717, 1.165) is 19.4 Å². The van der Waals surface area contributed by atoms with E-state index in [1.807, 2.05) is 0 Å². The van der Waals surface area contributed by atoms with Crippen LogP contribution in [-0.2, 0) is 0 Å². The predicted octanol–water partition coefficient (Wildman–Crippen LogP) is 2.11. The maximum Gasteiger partial charge on any atom is 0.257 e. The number of nitrogens with one attached hydrogen (secondary N) is 2. The number of hydrogen-bond donors (Lipinski definition) is 2. The topological polar surface area (TPSA) is 59.6 Å². The maximum absolute atomic E-state index is 12.0. The molecule has 0 spiro atoms. The van der Waals surface area contributed by atoms with Crippen LogP contribution in [0.3, 0.4) is 0 Å². The van der Waals surface area contributed by atoms with Crippen molar-refractivity contribution in [2.24, 2.45) is 0 Å². The second-order valence-corrected chi connectivity index (χ2v) is 4.54. The van der Waals surface area contributed by atoms with Crippen LogP contribution in [0, 0.1) is 0 Å². The first kappa shape index (κ1) is 16.2. The van der Waals surface area contributed by atoms with E-state index in [2.05, 4.69) is 17.6 Å². The van der Waals surface area contributed by atoms with Crippen LogP contribution in [0.4, 0.5) is 0 Å². The van der Waals surface area contributed by atoms with Crippen molar-refractivity contribution in [2.75, 3.05) is 20.8 Å². The summed E-state index contributed by atoms with van der Waals surface area (Å²) in [6.45, 7) is 2.84. The molecule has 0 atom stereocenters. The molecular weight excluding hydrogens is 276 g/mol. The Morgan fingerprint density at radius 2 is 1.95 bits per heavy atom. The van der Waals surface area contributed by atoms with Gasteiger partial charge >= 0.3 is 0 Å². The van der Waals surface area contributed by atoms with Crippen LogP contribution in [-0.4, -0.2) is 31.8 Å². The second kappa shape index (κ2) is 8.37. The van der Waals surface area contributed by atoms with Crippen LogP contribution in [0.5, 0.6) is 11.5 Å². The normalized spacial score (nSPS) is 9.75. The first-order valence-corrected chi connectivity index (χ1v) is 6.84. The summed E-state index contributed by atoms with van der Waals surface area (Å²) in [5.41, 5.74) is 0.460. The summed E-state index contributed by atoms with van der Waals surface area (Å²) in [5.74, 6) is 0.803. The van der Waals surface area contributed by atoms with Gasteiger partial charge in [0.1, 0.15) is 0 Å². The lowest BCUT2D eigenvalue weighted by Gasteiger charge is -2.11. The highest BCUT2D eigenvalue weighted by Crippen LogP contribution is 2.27. The van der Waals surface area contributed by atoms with E-state index in [9.17, 15) is 4.79 Å². The predicted molar refractivity (Wildman–Crippen MR) is 82.5 cm³/mol. The van der Waals surface area contributed by atoms with Crippen molar-refractivity contribution >= 4 is 23.2 Å². The lowest BCUT2D eigenvalue weighted by molar-refractivity contribution is 0.0976. The van der Waals surface area contributed by atoms with Gasteiger partial charge in [-0.05, 0) is 36.8 Å². The molecule has 0 heterocycles. The molecule has 0 aliphatic rings. The molecule has 2 N–H and O–H groups in total. The highest BCUT2D eigenvalue weighted by atomic mass is 32.1. The van der Waals surface area contributed by atoms with Crippen LogP contribution >= 0.6 is 12.2 Å². The number of rotatable bonds is 6. The summed E-state index contributed by atoms with van der Waals surface area (Å²) in [6, 6.07) is 4.95. The van der Waals surface area contributed by atoms with Crippen molar-refractivity contribution < 1.29 is 14.3 Å². The van der Waals surface area contributed by atoms with Gasteiger partial charge in [0, 0.05) is 12.1 Å². The van der Waals surface area contributed by atoms with Crippen LogP contribution < -0.4 is 20.1 Å². The lowest BCUT2D eigenvalue weighted by atomic mass is 10.2. The van der Waals surface area contributed by atoms with Gasteiger partial charge in [0.05, 0.1) is 14.2 Å². The van der Waals surface area contributed by atoms with Gasteiger partial charge in [-0.15, -0.1) is 0 Å². The van der Waals surface area contributed by atoms with Crippen molar-refractivity contribution in [3.63, 3.8) is 0 Å². The Balaban J connectivity index is 2.65. The zero-order valence-electron chi connectivity index (χ0n) is 12.0. The Kier molecular flexibility index (Phi) is 6.79. The fourth-order valence-corrected chi connectivity index (χ4v) is 1.77. The number of carbonyl (C=O) groups is 1. The molecule has 5 nitrogen and oxygen atoms in total. The van der Waals surface area contributed by atoms with Crippen LogP contribution in [0.1, 0.15) is 30.1 Å². The van der Waals surface area contributed by atoms with E-state index in [1.165, 1.54) is 7.11 Å². The van der Waals surface area contributed by atoms with Gasteiger partial charge in [-0.3, -0.25) is 10.1 Å². The number of benzene rings is 1. The van der Waals surface area contributed by atoms with Crippen molar-refractivity contribution in [2.45, 2.75) is 19.8 Å². The zero-order chi connectivity index (χ0) is 15.0. The number of carbonyl (C=O) groups excluding carboxylic acids is 1. The van der Waals surface area contributed by atoms with E-state index < -0.39 is 0 Å². The Morgan fingerprint density at radius 1 is 1.25 bits per heavy atom. The highest BCUT2D eigenvalue weighted by molar-refractivity contribution is 7.80. The third-order valence-electron chi connectivity index (χ3n) is 2.69. The molecule has 0 bridgehead atoms. The molecule has 0 aromatic heterocycles. The molecule has 0 saturated heterocycles. The van der Waals surface area contributed by atoms with Crippen molar-refractivity contribution in [1.29, 1.82) is 0 Å². The highest BCUT2D eigenvalue weighted by Gasteiger charge is 2.11. The number of methoxy groups -OCH3 is 2. The first-order valence-electron chi connectivity index (χ1n) is 6.43. The summed E-state index contributed by atoms with van der Waals surface area (Å²) in [7, 11) is 3.07. The van der Waals surface area contributed by atoms with E-state index in [4.69, 9.17) is 21.7 Å². The minimum absolute atomic E-state index is 0.278. The Labute approximate surface area is 124 Å². The summed E-state index contributed by atoms with van der Waals surface area (Å²) in [6.07, 6.45) is 2.08. The van der Waals surface area contributed by atoms with Crippen LogP contribution in [0.2, 0.25) is 0 Å². The van der Waals surface area contributed by atoms with Crippen LogP contribution in [0.15, 0.2) is 18.2 Å². The summed E-state index contributed by atoms with van der Waals surface area (Å²) < 4.78 is 10.3. The minimum atomic E-state index is -0.278. The number of unbranched alkanes of at least 4 members (excludes halogenated alkanes) is 1. The molecule has 1 amide bonds. The molecule has 110 valence electrons. The van der Waals surface area contributed by atoms with Gasteiger partial charge in [-0.25, -0.2) is 0 Å². The molecule has 0 fully saturated rings. The van der Waals surface area contributed by atoms with Crippen molar-refractivity contribution in [1.82, 2.24) is 10.6 Å². The van der Waals surface area contributed by atoms with Crippen molar-refractivity contribution in [3.8, 4) is 11.5 Å². The molecular formula is C14H20N2O3S. The minimum Gasteiger partial charge on any atom is -0.493 e. The second-order valence-electron chi connectivity index (χ2n) is 4.13. The average Bonchev–Trinajstić information content (AvgIpc) is 2.46. The third kappa shape index (κ3) is 4.70. The monoisotopic (exact) mass is 296 g/mol. The van der Waals surface area contributed by atoms with E-state index in [0.29, 0.717) is 22.2 Å². The van der Waals surface area contributed by atoms with E-state index in [-0.39, 0.29) is 5.91 Å². The van der Waals surface area contributed by atoms with Gasteiger partial charge in [0.15, 0.2) is 16.6 Å². The Morgan fingerprint density at radius 3 is 2.55 bits per heavy atom. The molecule has 6 heteroatoms. The number of thiocarbonyl (C=S) groups is 1. The number of amides is 1. The third-order valence-corrected chi connectivity index (χ3v) is 2.94. The van der Waals surface area contributed by atoms with Gasteiger partial charge in [0.25, 0.3) is 5.91 Å². The average molecular weight is 296 g/mol. The maximum atomic E-state index is 12.0. The molecule has 1 aromatic carbocycles. The molecule has 1 rings (SSSR count). The summed E-state index contributed by atoms with van der Waals surface area (Å²) >= 11 is 5.05. The summed E-state index contributed by atoms with van der Waals surface area (Å²) in [4.78, 5) is 12.0. The first-order chi connectivity index (χ1) is 9.62. The lowest BCUT2D eigenvalue weighted by Crippen LogP contribution is -2.39. The molecule has 0 radical (unpaired) electrons. The van der Waals surface area contributed by atoms with E-state index >= 15 is 0 Å². The van der Waals surface area contributed by atoms with Gasteiger partial charge in [0.2, 0.25) is 0 Å². The van der Waals surface area contributed by atoms with Crippen LogP contribution in [0.25, 0.3) is 0 Å². The smallest absolute Gasteiger partial charge is 0.257 e. The van der Waals surface area contributed by atoms with E-state index in [1.54, 1.807) is 25.3 Å². The molecule has 0 unspecified atom stereocenters. The Hall–Kier alpha value is -1.82. The van der Waals surface area contributed by atoms with Gasteiger partial charge in [-0.1, -0.05) is 13.3 Å². The van der Waals surface area contributed by atoms with Gasteiger partial charge in [-0.2, -0.15) is 0 Å². The largest absolute Gasteiger partial charge is 0.493 e. The number of hydrogen-bond acceptors (Lipinski definition) is 4. The summed E-state index contributed by atoms with van der Waals surface area (Å²) in [5, 5.41) is 5.94. The molecule has 0 aliphatic carbocycles. The fraction of sp³-hybridized carbons (Fsp3) is 0.429.